The summed E-state index contributed by atoms with van der Waals surface area (Å²) in [6, 6.07) is 8.86. The van der Waals surface area contributed by atoms with Crippen LogP contribution in [-0.2, 0) is 0 Å². The van der Waals surface area contributed by atoms with Crippen LogP contribution in [0.3, 0.4) is 0 Å². The Morgan fingerprint density at radius 1 is 1.18 bits per heavy atom. The monoisotopic (exact) mass is 233 g/mol. The highest BCUT2D eigenvalue weighted by Gasteiger charge is 2.15. The van der Waals surface area contributed by atoms with Crippen molar-refractivity contribution in [2.75, 3.05) is 13.7 Å². The minimum Gasteiger partial charge on any atom is -0.394 e. The molecule has 2 nitrogen and oxygen atoms in total. The van der Waals surface area contributed by atoms with E-state index in [1.165, 1.54) is 43.2 Å². The van der Waals surface area contributed by atoms with Gasteiger partial charge in [-0.05, 0) is 36.9 Å². The summed E-state index contributed by atoms with van der Waals surface area (Å²) >= 11 is 0. The van der Waals surface area contributed by atoms with Gasteiger partial charge in [0, 0.05) is 0 Å². The number of rotatable bonds is 4. The summed E-state index contributed by atoms with van der Waals surface area (Å²) in [6.07, 6.45) is 6.84. The van der Waals surface area contributed by atoms with Gasteiger partial charge in [0.05, 0.1) is 12.6 Å². The fourth-order valence-electron chi connectivity index (χ4n) is 2.80. The summed E-state index contributed by atoms with van der Waals surface area (Å²) in [5.41, 5.74) is 2.65. The molecule has 0 bridgehead atoms. The molecule has 0 aromatic heterocycles. The van der Waals surface area contributed by atoms with Crippen molar-refractivity contribution in [1.29, 1.82) is 0 Å². The predicted octanol–water partition coefficient (Wildman–Crippen LogP) is 2.99. The predicted molar refractivity (Wildman–Crippen MR) is 71.2 cm³/mol. The number of hydrogen-bond acceptors (Lipinski definition) is 2. The maximum absolute atomic E-state index is 9.23. The lowest BCUT2D eigenvalue weighted by molar-refractivity contribution is 0.251. The standard InChI is InChI=1S/C15H23NO/c1-16-15(11-17)14-9-7-13(8-10-14)12-5-3-2-4-6-12/h7-10,12,15-17H,2-6,11H2,1H3. The molecule has 0 amide bonds. The highest BCUT2D eigenvalue weighted by Crippen LogP contribution is 2.32. The SMILES string of the molecule is CNC(CO)c1ccc(C2CCCCC2)cc1. The Kier molecular flexibility index (Phi) is 4.57. The number of aliphatic hydroxyl groups excluding tert-OH is 1. The molecule has 1 unspecified atom stereocenters. The molecule has 2 N–H and O–H groups in total. The molecule has 1 fully saturated rings. The van der Waals surface area contributed by atoms with Crippen LogP contribution in [0.4, 0.5) is 0 Å². The summed E-state index contributed by atoms with van der Waals surface area (Å²) in [5.74, 6) is 0.764. The van der Waals surface area contributed by atoms with Crippen LogP contribution in [0.5, 0.6) is 0 Å². The molecule has 0 saturated heterocycles. The van der Waals surface area contributed by atoms with Gasteiger partial charge in [0.2, 0.25) is 0 Å². The van der Waals surface area contributed by atoms with E-state index in [-0.39, 0.29) is 12.6 Å². The second kappa shape index (κ2) is 6.18. The van der Waals surface area contributed by atoms with Crippen LogP contribution < -0.4 is 5.32 Å². The minimum absolute atomic E-state index is 0.0652. The Morgan fingerprint density at radius 3 is 2.35 bits per heavy atom. The number of likely N-dealkylation sites (N-methyl/N-ethyl adjacent to an activating group) is 1. The maximum Gasteiger partial charge on any atom is 0.0626 e. The van der Waals surface area contributed by atoms with Gasteiger partial charge in [-0.3, -0.25) is 0 Å². The highest BCUT2D eigenvalue weighted by molar-refractivity contribution is 5.27. The van der Waals surface area contributed by atoms with E-state index < -0.39 is 0 Å². The molecule has 17 heavy (non-hydrogen) atoms. The van der Waals surface area contributed by atoms with E-state index >= 15 is 0 Å². The molecule has 1 aromatic carbocycles. The molecule has 0 aliphatic heterocycles. The molecule has 2 rings (SSSR count). The number of aliphatic hydroxyl groups is 1. The van der Waals surface area contributed by atoms with Gasteiger partial charge in [0.25, 0.3) is 0 Å². The van der Waals surface area contributed by atoms with Crippen LogP contribution in [0.2, 0.25) is 0 Å². The van der Waals surface area contributed by atoms with Crippen LogP contribution in [0.25, 0.3) is 0 Å². The summed E-state index contributed by atoms with van der Waals surface area (Å²) in [6.45, 7) is 0.152. The van der Waals surface area contributed by atoms with Crippen molar-refractivity contribution in [3.63, 3.8) is 0 Å². The number of benzene rings is 1. The molecule has 0 spiro atoms. The lowest BCUT2D eigenvalue weighted by Gasteiger charge is -2.22. The van der Waals surface area contributed by atoms with Crippen LogP contribution in [0.15, 0.2) is 24.3 Å². The Bertz CT molecular complexity index is 323. The quantitative estimate of drug-likeness (QED) is 0.838. The van der Waals surface area contributed by atoms with Crippen molar-refractivity contribution in [3.8, 4) is 0 Å². The van der Waals surface area contributed by atoms with Gasteiger partial charge in [-0.1, -0.05) is 43.5 Å². The summed E-state index contributed by atoms with van der Waals surface area (Å²) in [4.78, 5) is 0. The van der Waals surface area contributed by atoms with Crippen LogP contribution >= 0.6 is 0 Å². The van der Waals surface area contributed by atoms with Crippen molar-refractivity contribution in [1.82, 2.24) is 5.32 Å². The molecule has 1 saturated carbocycles. The number of nitrogens with one attached hydrogen (secondary N) is 1. The van der Waals surface area contributed by atoms with E-state index in [0.717, 1.165) is 5.92 Å². The van der Waals surface area contributed by atoms with Gasteiger partial charge in [-0.15, -0.1) is 0 Å². The Morgan fingerprint density at radius 2 is 1.82 bits per heavy atom. The maximum atomic E-state index is 9.23. The van der Waals surface area contributed by atoms with E-state index in [0.29, 0.717) is 0 Å². The third-order valence-corrected chi connectivity index (χ3v) is 3.95. The first kappa shape index (κ1) is 12.6. The van der Waals surface area contributed by atoms with Crippen LogP contribution in [0, 0.1) is 0 Å². The van der Waals surface area contributed by atoms with Crippen LogP contribution in [0.1, 0.15) is 55.2 Å². The second-order valence-electron chi connectivity index (χ2n) is 5.03. The fourth-order valence-corrected chi connectivity index (χ4v) is 2.80. The van der Waals surface area contributed by atoms with Crippen molar-refractivity contribution >= 4 is 0 Å². The smallest absolute Gasteiger partial charge is 0.0626 e. The average molecular weight is 233 g/mol. The third kappa shape index (κ3) is 3.08. The summed E-state index contributed by atoms with van der Waals surface area (Å²) in [7, 11) is 1.88. The van der Waals surface area contributed by atoms with Gasteiger partial charge < -0.3 is 10.4 Å². The minimum atomic E-state index is 0.0652. The van der Waals surface area contributed by atoms with Gasteiger partial charge in [-0.25, -0.2) is 0 Å². The van der Waals surface area contributed by atoms with Gasteiger partial charge in [0.15, 0.2) is 0 Å². The van der Waals surface area contributed by atoms with E-state index in [9.17, 15) is 5.11 Å². The van der Waals surface area contributed by atoms with Crippen molar-refractivity contribution in [2.24, 2.45) is 0 Å². The summed E-state index contributed by atoms with van der Waals surface area (Å²) < 4.78 is 0. The van der Waals surface area contributed by atoms with E-state index in [4.69, 9.17) is 0 Å². The molecule has 0 radical (unpaired) electrons. The zero-order chi connectivity index (χ0) is 12.1. The molecular weight excluding hydrogens is 210 g/mol. The molecular formula is C15H23NO. The Balaban J connectivity index is 2.06. The fraction of sp³-hybridized carbons (Fsp3) is 0.600. The molecule has 1 atom stereocenters. The van der Waals surface area contributed by atoms with Crippen molar-refractivity contribution < 1.29 is 5.11 Å². The van der Waals surface area contributed by atoms with Crippen LogP contribution in [-0.4, -0.2) is 18.8 Å². The molecule has 2 heteroatoms. The first-order chi connectivity index (χ1) is 8.35. The van der Waals surface area contributed by atoms with E-state index in [1.807, 2.05) is 7.05 Å². The van der Waals surface area contributed by atoms with Gasteiger partial charge in [-0.2, -0.15) is 0 Å². The van der Waals surface area contributed by atoms with Gasteiger partial charge in [0.1, 0.15) is 0 Å². The molecule has 1 aliphatic carbocycles. The molecule has 1 aromatic rings. The van der Waals surface area contributed by atoms with Crippen molar-refractivity contribution in [2.45, 2.75) is 44.1 Å². The highest BCUT2D eigenvalue weighted by atomic mass is 16.3. The normalized spacial score (nSPS) is 19.2. The van der Waals surface area contributed by atoms with E-state index in [1.54, 1.807) is 0 Å². The first-order valence-electron chi connectivity index (χ1n) is 6.73. The van der Waals surface area contributed by atoms with Crippen molar-refractivity contribution in [3.05, 3.63) is 35.4 Å². The Labute approximate surface area is 104 Å². The lowest BCUT2D eigenvalue weighted by Crippen LogP contribution is -2.19. The Hall–Kier alpha value is -0.860. The largest absolute Gasteiger partial charge is 0.394 e. The third-order valence-electron chi connectivity index (χ3n) is 3.95. The van der Waals surface area contributed by atoms with E-state index in [2.05, 4.69) is 29.6 Å². The zero-order valence-corrected chi connectivity index (χ0v) is 10.7. The number of hydrogen-bond donors (Lipinski definition) is 2. The lowest BCUT2D eigenvalue weighted by atomic mass is 9.84. The topological polar surface area (TPSA) is 32.3 Å². The molecule has 1 aliphatic rings. The average Bonchev–Trinajstić information content (AvgIpc) is 2.42. The van der Waals surface area contributed by atoms with Gasteiger partial charge >= 0.3 is 0 Å². The summed E-state index contributed by atoms with van der Waals surface area (Å²) in [5, 5.41) is 12.4. The molecule has 94 valence electrons. The zero-order valence-electron chi connectivity index (χ0n) is 10.7. The first-order valence-corrected chi connectivity index (χ1v) is 6.73. The molecule has 0 heterocycles. The second-order valence-corrected chi connectivity index (χ2v) is 5.03.